The predicted octanol–water partition coefficient (Wildman–Crippen LogP) is 1.50. The molecule has 1 heterocycles. The molecule has 0 atom stereocenters. The molecule has 1 aromatic carbocycles. The van der Waals surface area contributed by atoms with Crippen LogP contribution >= 0.6 is 0 Å². The van der Waals surface area contributed by atoms with Crippen molar-refractivity contribution in [3.05, 3.63) is 28.3 Å². The van der Waals surface area contributed by atoms with Gasteiger partial charge in [0.05, 0.1) is 117 Å². The Morgan fingerprint density at radius 1 is 0.459 bits per heavy atom. The first-order valence-corrected chi connectivity index (χ1v) is 12.4. The van der Waals surface area contributed by atoms with E-state index in [9.17, 15) is 10.1 Å². The molecular weight excluding hydrogens is 494 g/mol. The molecule has 0 saturated heterocycles. The Bertz CT molecular complexity index is 708. The van der Waals surface area contributed by atoms with Gasteiger partial charge in [-0.05, 0) is 6.07 Å². The molecular formula is C24H39NO12. The lowest BCUT2D eigenvalue weighted by atomic mass is 10.3. The van der Waals surface area contributed by atoms with Crippen LogP contribution in [0.2, 0.25) is 0 Å². The predicted molar refractivity (Wildman–Crippen MR) is 131 cm³/mol. The Morgan fingerprint density at radius 2 is 0.757 bits per heavy atom. The van der Waals surface area contributed by atoms with Crippen LogP contribution in [-0.2, 0) is 37.9 Å². The van der Waals surface area contributed by atoms with E-state index < -0.39 is 4.92 Å². The van der Waals surface area contributed by atoms with Crippen LogP contribution in [0.5, 0.6) is 11.5 Å². The van der Waals surface area contributed by atoms with Gasteiger partial charge in [-0.25, -0.2) is 0 Å². The van der Waals surface area contributed by atoms with Crippen LogP contribution in [0.4, 0.5) is 5.69 Å². The van der Waals surface area contributed by atoms with Crippen LogP contribution in [0.15, 0.2) is 18.2 Å². The summed E-state index contributed by atoms with van der Waals surface area (Å²) in [5.41, 5.74) is -0.0903. The number of nitro groups is 1. The summed E-state index contributed by atoms with van der Waals surface area (Å²) < 4.78 is 55.0. The third-order valence-electron chi connectivity index (χ3n) is 4.71. The fraction of sp³-hybridized carbons (Fsp3) is 0.750. The average Bonchev–Trinajstić information content (AvgIpc) is 2.90. The minimum absolute atomic E-state index is 0.0903. The summed E-state index contributed by atoms with van der Waals surface area (Å²) in [6.45, 7) is 7.48. The largest absolute Gasteiger partial charge is 0.487 e. The van der Waals surface area contributed by atoms with Crippen molar-refractivity contribution in [2.45, 2.75) is 0 Å². The van der Waals surface area contributed by atoms with Gasteiger partial charge in [-0.1, -0.05) is 0 Å². The van der Waals surface area contributed by atoms with E-state index in [0.29, 0.717) is 105 Å². The molecule has 0 aliphatic carbocycles. The number of hydrogen-bond donors (Lipinski definition) is 0. The Kier molecular flexibility index (Phi) is 18.4. The molecule has 1 aliphatic heterocycles. The number of nitrogens with zero attached hydrogens (tertiary/aromatic N) is 1. The molecule has 0 saturated carbocycles. The topological polar surface area (TPSA) is 135 Å². The first kappa shape index (κ1) is 31.1. The number of non-ortho nitro benzene ring substituents is 1. The van der Waals surface area contributed by atoms with Gasteiger partial charge in [0.1, 0.15) is 13.2 Å². The van der Waals surface area contributed by atoms with E-state index in [4.69, 9.17) is 47.4 Å². The fourth-order valence-electron chi connectivity index (χ4n) is 2.90. The summed E-state index contributed by atoms with van der Waals surface area (Å²) in [5.74, 6) is 0.656. The molecule has 0 unspecified atom stereocenters. The minimum atomic E-state index is -0.488. The summed E-state index contributed by atoms with van der Waals surface area (Å²) in [7, 11) is 0. The number of rotatable bonds is 1. The van der Waals surface area contributed by atoms with E-state index >= 15 is 0 Å². The summed E-state index contributed by atoms with van der Waals surface area (Å²) >= 11 is 0. The van der Waals surface area contributed by atoms with Gasteiger partial charge in [0, 0.05) is 6.07 Å². The highest BCUT2D eigenvalue weighted by Gasteiger charge is 2.13. The monoisotopic (exact) mass is 533 g/mol. The standard InChI is InChI=1S/C24H39NO12/c26-25(27)22-1-2-23-24(21-22)37-20-18-35-16-14-33-12-10-31-8-6-29-4-3-28-5-7-30-9-11-32-13-15-34-17-19-36-23/h1-2,21H,3-20H2. The molecule has 13 heteroatoms. The van der Waals surface area contributed by atoms with Gasteiger partial charge in [-0.2, -0.15) is 0 Å². The van der Waals surface area contributed by atoms with E-state index in [1.54, 1.807) is 0 Å². The normalized spacial score (nSPS) is 20.4. The number of fused-ring (bicyclic) bond motifs is 1. The molecule has 2 rings (SSSR count). The zero-order chi connectivity index (χ0) is 26.2. The zero-order valence-corrected chi connectivity index (χ0v) is 21.3. The van der Waals surface area contributed by atoms with Crippen molar-refractivity contribution in [1.29, 1.82) is 0 Å². The molecule has 1 aromatic rings. The molecule has 0 aromatic heterocycles. The van der Waals surface area contributed by atoms with Crippen molar-refractivity contribution in [2.24, 2.45) is 0 Å². The lowest BCUT2D eigenvalue weighted by molar-refractivity contribution is -0.385. The second kappa shape index (κ2) is 21.9. The highest BCUT2D eigenvalue weighted by molar-refractivity contribution is 5.48. The fourth-order valence-corrected chi connectivity index (χ4v) is 2.90. The van der Waals surface area contributed by atoms with Gasteiger partial charge < -0.3 is 47.4 Å². The zero-order valence-electron chi connectivity index (χ0n) is 21.3. The van der Waals surface area contributed by atoms with Crippen LogP contribution in [0.25, 0.3) is 0 Å². The summed E-state index contributed by atoms with van der Waals surface area (Å²) in [5, 5.41) is 11.1. The SMILES string of the molecule is O=[N+]([O-])c1ccc2c(c1)OCCOCCOCCOCCOCCOCCOCCOCCOCCO2. The van der Waals surface area contributed by atoms with Crippen molar-refractivity contribution in [2.75, 3.05) is 119 Å². The van der Waals surface area contributed by atoms with Crippen LogP contribution in [0, 0.1) is 10.1 Å². The lowest BCUT2D eigenvalue weighted by Crippen LogP contribution is -2.16. The van der Waals surface area contributed by atoms with Gasteiger partial charge >= 0.3 is 0 Å². The van der Waals surface area contributed by atoms with Gasteiger partial charge in [0.25, 0.3) is 5.69 Å². The van der Waals surface area contributed by atoms with Crippen LogP contribution in [-0.4, -0.2) is 124 Å². The molecule has 37 heavy (non-hydrogen) atoms. The number of nitro benzene ring substituents is 1. The van der Waals surface area contributed by atoms with Crippen LogP contribution in [0.3, 0.4) is 0 Å². The van der Waals surface area contributed by atoms with Gasteiger partial charge in [0.2, 0.25) is 0 Å². The first-order chi connectivity index (χ1) is 18.3. The van der Waals surface area contributed by atoms with Crippen molar-refractivity contribution in [3.63, 3.8) is 0 Å². The van der Waals surface area contributed by atoms with Gasteiger partial charge in [-0.3, -0.25) is 10.1 Å². The number of hydrogen-bond acceptors (Lipinski definition) is 12. The Morgan fingerprint density at radius 3 is 1.08 bits per heavy atom. The first-order valence-electron chi connectivity index (χ1n) is 12.4. The quantitative estimate of drug-likeness (QED) is 0.382. The molecule has 0 spiro atoms. The maximum atomic E-state index is 11.1. The maximum absolute atomic E-state index is 11.1. The van der Waals surface area contributed by atoms with Crippen molar-refractivity contribution in [1.82, 2.24) is 0 Å². The van der Waals surface area contributed by atoms with E-state index in [0.717, 1.165) is 0 Å². The summed E-state index contributed by atoms with van der Waals surface area (Å²) in [6.07, 6.45) is 0. The maximum Gasteiger partial charge on any atom is 0.273 e. The second-order valence-corrected chi connectivity index (χ2v) is 7.48. The highest BCUT2D eigenvalue weighted by atomic mass is 16.6. The third-order valence-corrected chi connectivity index (χ3v) is 4.71. The molecule has 0 fully saturated rings. The number of ether oxygens (including phenoxy) is 10. The average molecular weight is 534 g/mol. The molecule has 1 aliphatic rings. The van der Waals surface area contributed by atoms with E-state index in [1.807, 2.05) is 0 Å². The minimum Gasteiger partial charge on any atom is -0.487 e. The smallest absolute Gasteiger partial charge is 0.273 e. The number of benzene rings is 1. The molecule has 13 nitrogen and oxygen atoms in total. The Hall–Kier alpha value is -2.10. The second-order valence-electron chi connectivity index (χ2n) is 7.48. The van der Waals surface area contributed by atoms with Gasteiger partial charge in [0.15, 0.2) is 11.5 Å². The lowest BCUT2D eigenvalue weighted by Gasteiger charge is -2.13. The molecule has 0 radical (unpaired) electrons. The third kappa shape index (κ3) is 16.4. The summed E-state index contributed by atoms with van der Waals surface area (Å²) in [6, 6.07) is 4.20. The summed E-state index contributed by atoms with van der Waals surface area (Å²) in [4.78, 5) is 10.6. The van der Waals surface area contributed by atoms with Gasteiger partial charge in [-0.15, -0.1) is 0 Å². The van der Waals surface area contributed by atoms with Crippen LogP contribution in [0.1, 0.15) is 0 Å². The van der Waals surface area contributed by atoms with Crippen molar-refractivity contribution < 1.29 is 52.3 Å². The highest BCUT2D eigenvalue weighted by Crippen LogP contribution is 2.31. The van der Waals surface area contributed by atoms with E-state index in [-0.39, 0.29) is 31.3 Å². The van der Waals surface area contributed by atoms with Crippen molar-refractivity contribution >= 4 is 5.69 Å². The molecule has 0 amide bonds. The van der Waals surface area contributed by atoms with E-state index in [1.165, 1.54) is 18.2 Å². The van der Waals surface area contributed by atoms with E-state index in [2.05, 4.69) is 0 Å². The van der Waals surface area contributed by atoms with Crippen molar-refractivity contribution in [3.8, 4) is 11.5 Å². The Labute approximate surface area is 217 Å². The Balaban J connectivity index is 1.72. The molecule has 212 valence electrons. The molecule has 0 N–H and O–H groups in total. The van der Waals surface area contributed by atoms with Crippen LogP contribution < -0.4 is 9.47 Å². The molecule has 0 bridgehead atoms.